The summed E-state index contributed by atoms with van der Waals surface area (Å²) in [5, 5.41) is 6.54. The second-order valence-corrected chi connectivity index (χ2v) is 8.67. The molecule has 1 aromatic heterocycles. The van der Waals surface area contributed by atoms with Crippen molar-refractivity contribution in [3.8, 4) is 0 Å². The number of halogens is 3. The van der Waals surface area contributed by atoms with E-state index in [1.807, 2.05) is 0 Å². The third-order valence-corrected chi connectivity index (χ3v) is 5.95. The molecule has 0 aliphatic carbocycles. The number of hydrogen-bond donors (Lipinski definition) is 2. The van der Waals surface area contributed by atoms with Crippen LogP contribution in [-0.4, -0.2) is 19.5 Å². The number of sulfonamides is 1. The Morgan fingerprint density at radius 1 is 1.06 bits per heavy atom. The van der Waals surface area contributed by atoms with Crippen molar-refractivity contribution in [1.82, 2.24) is 5.16 Å². The molecule has 0 fully saturated rings. The highest BCUT2D eigenvalue weighted by atomic mass is 32.2. The smallest absolute Gasteiger partial charge is 0.354 e. The summed E-state index contributed by atoms with van der Waals surface area (Å²) in [5.41, 5.74) is 0.755. The van der Waals surface area contributed by atoms with Crippen molar-refractivity contribution in [1.29, 1.82) is 0 Å². The van der Waals surface area contributed by atoms with Crippen LogP contribution in [0.3, 0.4) is 0 Å². The molecule has 7 nitrogen and oxygen atoms in total. The molecule has 0 saturated heterocycles. The summed E-state index contributed by atoms with van der Waals surface area (Å²) in [5.74, 6) is 0.154. The summed E-state index contributed by atoms with van der Waals surface area (Å²) in [7, 11) is -4.00. The molecule has 0 unspecified atom stereocenters. The molecule has 0 saturated carbocycles. The van der Waals surface area contributed by atoms with Crippen LogP contribution in [0, 0.1) is 6.92 Å². The van der Waals surface area contributed by atoms with Crippen LogP contribution in [0.5, 0.6) is 0 Å². The molecule has 2 N–H and O–H groups in total. The molecular weight excluding hydrogens is 459 g/mol. The van der Waals surface area contributed by atoms with Gasteiger partial charge in [-0.1, -0.05) is 30.3 Å². The monoisotopic (exact) mass is 479 g/mol. The first kappa shape index (κ1) is 24.1. The molecule has 0 aliphatic heterocycles. The Morgan fingerprint density at radius 3 is 2.27 bits per heavy atom. The lowest BCUT2D eigenvalue weighted by molar-refractivity contribution is -0.137. The van der Waals surface area contributed by atoms with Crippen molar-refractivity contribution in [2.45, 2.75) is 31.3 Å². The van der Waals surface area contributed by atoms with E-state index in [-0.39, 0.29) is 16.5 Å². The Hall–Kier alpha value is -3.60. The highest BCUT2D eigenvalue weighted by Gasteiger charge is 2.30. The number of carbonyl (C=O) groups excluding carboxylic acids is 1. The average molecular weight is 479 g/mol. The summed E-state index contributed by atoms with van der Waals surface area (Å²) in [6.45, 7) is 3.41. The van der Waals surface area contributed by atoms with Gasteiger partial charge in [-0.2, -0.15) is 13.2 Å². The minimum Gasteiger partial charge on any atom is -0.354 e. The summed E-state index contributed by atoms with van der Waals surface area (Å²) in [4.78, 5) is 11.6. The van der Waals surface area contributed by atoms with E-state index in [2.05, 4.69) is 15.2 Å². The minimum atomic E-state index is -4.51. The molecule has 0 spiro atoms. The van der Waals surface area contributed by atoms with Crippen molar-refractivity contribution in [2.24, 2.45) is 0 Å². The SMILES string of the molecule is CCC(=O)Nc1c(C)noc1C=Cc1ccc(S(=O)(=O)Nc2ccc(C(F)(F)F)cc2)cc1. The lowest BCUT2D eigenvalue weighted by Gasteiger charge is -2.10. The molecule has 2 aromatic carbocycles. The molecule has 0 aliphatic rings. The molecule has 0 radical (unpaired) electrons. The van der Waals surface area contributed by atoms with E-state index in [4.69, 9.17) is 4.52 Å². The Labute approximate surface area is 188 Å². The molecule has 1 amide bonds. The maximum absolute atomic E-state index is 12.7. The van der Waals surface area contributed by atoms with Crippen molar-refractivity contribution < 1.29 is 30.9 Å². The van der Waals surface area contributed by atoms with E-state index in [1.54, 1.807) is 38.1 Å². The summed E-state index contributed by atoms with van der Waals surface area (Å²) in [6.07, 6.45) is -0.964. The van der Waals surface area contributed by atoms with Gasteiger partial charge in [-0.15, -0.1) is 0 Å². The van der Waals surface area contributed by atoms with Crippen LogP contribution in [0.2, 0.25) is 0 Å². The van der Waals surface area contributed by atoms with E-state index >= 15 is 0 Å². The first-order valence-electron chi connectivity index (χ1n) is 9.74. The minimum absolute atomic E-state index is 0.00863. The maximum atomic E-state index is 12.7. The van der Waals surface area contributed by atoms with Crippen LogP contribution in [-0.2, 0) is 21.0 Å². The lowest BCUT2D eigenvalue weighted by atomic mass is 10.2. The van der Waals surface area contributed by atoms with Crippen molar-refractivity contribution in [3.63, 3.8) is 0 Å². The van der Waals surface area contributed by atoms with E-state index in [9.17, 15) is 26.4 Å². The Morgan fingerprint density at radius 2 is 1.70 bits per heavy atom. The number of hydrogen-bond acceptors (Lipinski definition) is 5. The Balaban J connectivity index is 1.73. The fourth-order valence-corrected chi connectivity index (χ4v) is 3.81. The lowest BCUT2D eigenvalue weighted by Crippen LogP contribution is -2.13. The van der Waals surface area contributed by atoms with Crippen LogP contribution in [0.25, 0.3) is 12.2 Å². The second kappa shape index (κ2) is 9.49. The van der Waals surface area contributed by atoms with Crippen LogP contribution < -0.4 is 10.0 Å². The average Bonchev–Trinajstić information content (AvgIpc) is 3.11. The first-order valence-corrected chi connectivity index (χ1v) is 11.2. The molecule has 0 bridgehead atoms. The second-order valence-electron chi connectivity index (χ2n) is 6.99. The van der Waals surface area contributed by atoms with Gasteiger partial charge in [0.15, 0.2) is 5.76 Å². The molecule has 33 heavy (non-hydrogen) atoms. The van der Waals surface area contributed by atoms with E-state index in [1.165, 1.54) is 12.1 Å². The zero-order chi connectivity index (χ0) is 24.2. The van der Waals surface area contributed by atoms with Gasteiger partial charge >= 0.3 is 6.18 Å². The van der Waals surface area contributed by atoms with Gasteiger partial charge in [0.25, 0.3) is 10.0 Å². The van der Waals surface area contributed by atoms with Gasteiger partial charge in [0, 0.05) is 12.1 Å². The van der Waals surface area contributed by atoms with Crippen LogP contribution >= 0.6 is 0 Å². The number of amides is 1. The topological polar surface area (TPSA) is 101 Å². The molecule has 174 valence electrons. The number of nitrogens with one attached hydrogen (secondary N) is 2. The Kier molecular flexibility index (Phi) is 6.92. The van der Waals surface area contributed by atoms with Gasteiger partial charge in [-0.05, 0) is 55.0 Å². The molecule has 3 aromatic rings. The molecule has 3 rings (SSSR count). The van der Waals surface area contributed by atoms with Gasteiger partial charge in [0.2, 0.25) is 5.91 Å². The van der Waals surface area contributed by atoms with E-state index < -0.39 is 21.8 Å². The molecule has 11 heteroatoms. The Bertz CT molecular complexity index is 1260. The summed E-state index contributed by atoms with van der Waals surface area (Å²) in [6, 6.07) is 9.51. The number of nitrogens with zero attached hydrogens (tertiary/aromatic N) is 1. The quantitative estimate of drug-likeness (QED) is 0.478. The van der Waals surface area contributed by atoms with Gasteiger partial charge < -0.3 is 9.84 Å². The zero-order valence-corrected chi connectivity index (χ0v) is 18.4. The summed E-state index contributed by atoms with van der Waals surface area (Å²) >= 11 is 0. The molecular formula is C22H20F3N3O4S. The third kappa shape index (κ3) is 6.01. The van der Waals surface area contributed by atoms with E-state index in [0.29, 0.717) is 29.1 Å². The first-order chi connectivity index (χ1) is 15.5. The molecule has 0 atom stereocenters. The fraction of sp³-hybridized carbons (Fsp3) is 0.182. The van der Waals surface area contributed by atoms with E-state index in [0.717, 1.165) is 24.3 Å². The predicted molar refractivity (Wildman–Crippen MR) is 118 cm³/mol. The van der Waals surface area contributed by atoms with Crippen LogP contribution in [0.1, 0.15) is 35.9 Å². The number of benzene rings is 2. The van der Waals surface area contributed by atoms with Gasteiger partial charge in [-0.25, -0.2) is 8.42 Å². The molecule has 1 heterocycles. The normalized spacial score (nSPS) is 12.2. The third-order valence-electron chi connectivity index (χ3n) is 4.56. The van der Waals surface area contributed by atoms with Crippen molar-refractivity contribution >= 4 is 39.5 Å². The van der Waals surface area contributed by atoms with Crippen LogP contribution in [0.4, 0.5) is 24.5 Å². The highest BCUT2D eigenvalue weighted by Crippen LogP contribution is 2.30. The van der Waals surface area contributed by atoms with Crippen LogP contribution in [0.15, 0.2) is 57.9 Å². The number of rotatable bonds is 7. The maximum Gasteiger partial charge on any atom is 0.416 e. The number of anilines is 2. The predicted octanol–water partition coefficient (Wildman–Crippen LogP) is 5.32. The highest BCUT2D eigenvalue weighted by molar-refractivity contribution is 7.92. The summed E-state index contributed by atoms with van der Waals surface area (Å²) < 4.78 is 70.5. The fourth-order valence-electron chi connectivity index (χ4n) is 2.75. The number of alkyl halides is 3. The van der Waals surface area contributed by atoms with Gasteiger partial charge in [-0.3, -0.25) is 9.52 Å². The van der Waals surface area contributed by atoms with Gasteiger partial charge in [0.1, 0.15) is 11.4 Å². The standard InChI is InChI=1S/C22H20F3N3O4S/c1-3-20(29)26-21-14(2)27-32-19(21)13-6-15-4-11-18(12-5-15)33(30,31)28-17-9-7-16(8-10-17)22(23,24)25/h4-13,28H,3H2,1-2H3,(H,26,29). The largest absolute Gasteiger partial charge is 0.416 e. The van der Waals surface area contributed by atoms with Crippen molar-refractivity contribution in [3.05, 3.63) is 71.1 Å². The number of aromatic nitrogens is 1. The zero-order valence-electron chi connectivity index (χ0n) is 17.6. The number of aryl methyl sites for hydroxylation is 1. The van der Waals surface area contributed by atoms with Gasteiger partial charge in [0.05, 0.1) is 10.5 Å². The van der Waals surface area contributed by atoms with Crippen molar-refractivity contribution in [2.75, 3.05) is 10.0 Å². The number of carbonyl (C=O) groups is 1.